The van der Waals surface area contributed by atoms with E-state index in [0.717, 1.165) is 22.4 Å². The summed E-state index contributed by atoms with van der Waals surface area (Å²) in [5.41, 5.74) is 2.89. The van der Waals surface area contributed by atoms with Crippen molar-refractivity contribution >= 4 is 5.91 Å². The van der Waals surface area contributed by atoms with Gasteiger partial charge in [-0.2, -0.15) is 0 Å². The third-order valence-electron chi connectivity index (χ3n) is 4.39. The molecule has 3 rings (SSSR count). The van der Waals surface area contributed by atoms with Crippen molar-refractivity contribution in [3.63, 3.8) is 0 Å². The molecule has 0 unspecified atom stereocenters. The Bertz CT molecular complexity index is 772. The van der Waals surface area contributed by atoms with E-state index in [9.17, 15) is 4.79 Å². The molecule has 0 bridgehead atoms. The summed E-state index contributed by atoms with van der Waals surface area (Å²) >= 11 is 0. The van der Waals surface area contributed by atoms with Gasteiger partial charge in [0.2, 0.25) is 5.91 Å². The van der Waals surface area contributed by atoms with E-state index in [4.69, 9.17) is 14.2 Å². The topological polar surface area (TPSA) is 48.0 Å². The molecule has 25 heavy (non-hydrogen) atoms. The van der Waals surface area contributed by atoms with Crippen molar-refractivity contribution < 1.29 is 19.0 Å². The summed E-state index contributed by atoms with van der Waals surface area (Å²) in [7, 11) is 3.29. The van der Waals surface area contributed by atoms with Crippen LogP contribution in [0.2, 0.25) is 0 Å². The molecule has 2 aromatic rings. The lowest BCUT2D eigenvalue weighted by Gasteiger charge is -2.19. The van der Waals surface area contributed by atoms with E-state index in [1.54, 1.807) is 14.2 Å². The summed E-state index contributed by atoms with van der Waals surface area (Å²) in [5, 5.41) is 0. The Morgan fingerprint density at radius 2 is 1.92 bits per heavy atom. The second-order valence-electron chi connectivity index (χ2n) is 5.88. The largest absolute Gasteiger partial charge is 0.496 e. The number of hydrogen-bond acceptors (Lipinski definition) is 4. The maximum Gasteiger partial charge on any atom is 0.222 e. The monoisotopic (exact) mass is 341 g/mol. The van der Waals surface area contributed by atoms with Crippen LogP contribution in [0.4, 0.5) is 0 Å². The molecule has 0 atom stereocenters. The Balaban J connectivity index is 2.09. The van der Waals surface area contributed by atoms with Crippen LogP contribution in [0.15, 0.2) is 36.4 Å². The smallest absolute Gasteiger partial charge is 0.222 e. The summed E-state index contributed by atoms with van der Waals surface area (Å²) in [4.78, 5) is 14.0. The third kappa shape index (κ3) is 3.40. The second-order valence-corrected chi connectivity index (χ2v) is 5.88. The van der Waals surface area contributed by atoms with Gasteiger partial charge in [0.1, 0.15) is 12.4 Å². The highest BCUT2D eigenvalue weighted by Gasteiger charge is 2.23. The standard InChI is InChI=1S/C20H23NO4/c1-4-19(22)21-9-10-25-20-15(13-21)11-14(12-18(20)24-3)16-7-5-6-8-17(16)23-2/h5-8,11-12H,4,9-10,13H2,1-3H3. The highest BCUT2D eigenvalue weighted by atomic mass is 16.5. The number of fused-ring (bicyclic) bond motifs is 1. The molecule has 5 nitrogen and oxygen atoms in total. The zero-order valence-corrected chi connectivity index (χ0v) is 14.9. The van der Waals surface area contributed by atoms with E-state index in [1.807, 2.05) is 42.2 Å². The molecular formula is C20H23NO4. The zero-order chi connectivity index (χ0) is 17.8. The van der Waals surface area contributed by atoms with Gasteiger partial charge in [-0.15, -0.1) is 0 Å². The number of carbonyl (C=O) groups excluding carboxylic acids is 1. The molecule has 1 aliphatic rings. The number of rotatable bonds is 4. The number of methoxy groups -OCH3 is 2. The molecule has 0 saturated heterocycles. The van der Waals surface area contributed by atoms with Gasteiger partial charge in [-0.05, 0) is 23.8 Å². The molecule has 0 aliphatic carbocycles. The summed E-state index contributed by atoms with van der Waals surface area (Å²) in [6, 6.07) is 11.8. The van der Waals surface area contributed by atoms with Crippen LogP contribution < -0.4 is 14.2 Å². The lowest BCUT2D eigenvalue weighted by molar-refractivity contribution is -0.131. The third-order valence-corrected chi connectivity index (χ3v) is 4.39. The summed E-state index contributed by atoms with van der Waals surface area (Å²) < 4.78 is 16.9. The Morgan fingerprint density at radius 3 is 2.64 bits per heavy atom. The molecule has 0 radical (unpaired) electrons. The van der Waals surface area contributed by atoms with Crippen molar-refractivity contribution in [2.75, 3.05) is 27.4 Å². The van der Waals surface area contributed by atoms with Crippen LogP contribution in [0.3, 0.4) is 0 Å². The molecule has 1 amide bonds. The number of amides is 1. The first-order valence-electron chi connectivity index (χ1n) is 8.42. The maximum absolute atomic E-state index is 12.2. The van der Waals surface area contributed by atoms with E-state index >= 15 is 0 Å². The van der Waals surface area contributed by atoms with Crippen molar-refractivity contribution in [2.45, 2.75) is 19.9 Å². The number of benzene rings is 2. The predicted molar refractivity (Wildman–Crippen MR) is 96.2 cm³/mol. The first-order valence-corrected chi connectivity index (χ1v) is 8.42. The molecule has 0 fully saturated rings. The lowest BCUT2D eigenvalue weighted by Crippen LogP contribution is -2.31. The zero-order valence-electron chi connectivity index (χ0n) is 14.9. The summed E-state index contributed by atoms with van der Waals surface area (Å²) in [6.45, 7) is 3.43. The van der Waals surface area contributed by atoms with Crippen molar-refractivity contribution in [3.8, 4) is 28.4 Å². The second kappa shape index (κ2) is 7.47. The highest BCUT2D eigenvalue weighted by Crippen LogP contribution is 2.40. The number of ether oxygens (including phenoxy) is 3. The summed E-state index contributed by atoms with van der Waals surface area (Å²) in [6.07, 6.45) is 0.485. The van der Waals surface area contributed by atoms with Crippen LogP contribution >= 0.6 is 0 Å². The molecule has 132 valence electrons. The molecule has 5 heteroatoms. The number of hydrogen-bond donors (Lipinski definition) is 0. The molecule has 0 N–H and O–H groups in total. The Labute approximate surface area is 148 Å². The number of para-hydroxylation sites is 1. The van der Waals surface area contributed by atoms with Crippen LogP contribution in [-0.2, 0) is 11.3 Å². The molecule has 0 saturated carbocycles. The van der Waals surface area contributed by atoms with Gasteiger partial charge in [-0.3, -0.25) is 4.79 Å². The average molecular weight is 341 g/mol. The minimum atomic E-state index is 0.123. The normalized spacial score (nSPS) is 13.5. The fourth-order valence-corrected chi connectivity index (χ4v) is 3.11. The van der Waals surface area contributed by atoms with E-state index in [0.29, 0.717) is 37.6 Å². The number of nitrogens with zero attached hydrogens (tertiary/aromatic N) is 1. The highest BCUT2D eigenvalue weighted by molar-refractivity contribution is 5.77. The fraction of sp³-hybridized carbons (Fsp3) is 0.350. The van der Waals surface area contributed by atoms with Crippen molar-refractivity contribution in [1.29, 1.82) is 0 Å². The molecule has 2 aromatic carbocycles. The van der Waals surface area contributed by atoms with Crippen LogP contribution in [0, 0.1) is 0 Å². The quantitative estimate of drug-likeness (QED) is 0.854. The van der Waals surface area contributed by atoms with Crippen molar-refractivity contribution in [1.82, 2.24) is 4.90 Å². The maximum atomic E-state index is 12.2. The van der Waals surface area contributed by atoms with Gasteiger partial charge in [0.15, 0.2) is 11.5 Å². The lowest BCUT2D eigenvalue weighted by atomic mass is 10.0. The van der Waals surface area contributed by atoms with Crippen LogP contribution in [-0.4, -0.2) is 38.2 Å². The predicted octanol–water partition coefficient (Wildman–Crippen LogP) is 3.50. The minimum absolute atomic E-state index is 0.123. The molecule has 0 aromatic heterocycles. The van der Waals surface area contributed by atoms with E-state index < -0.39 is 0 Å². The van der Waals surface area contributed by atoms with E-state index in [-0.39, 0.29) is 5.91 Å². The van der Waals surface area contributed by atoms with E-state index in [2.05, 4.69) is 6.07 Å². The fourth-order valence-electron chi connectivity index (χ4n) is 3.11. The molecular weight excluding hydrogens is 318 g/mol. The van der Waals surface area contributed by atoms with Gasteiger partial charge in [0, 0.05) is 24.1 Å². The molecule has 0 spiro atoms. The van der Waals surface area contributed by atoms with Crippen LogP contribution in [0.1, 0.15) is 18.9 Å². The van der Waals surface area contributed by atoms with Gasteiger partial charge < -0.3 is 19.1 Å². The van der Waals surface area contributed by atoms with E-state index in [1.165, 1.54) is 0 Å². The average Bonchev–Trinajstić information content (AvgIpc) is 2.88. The Hall–Kier alpha value is -2.69. The van der Waals surface area contributed by atoms with Crippen LogP contribution in [0.25, 0.3) is 11.1 Å². The first-order chi connectivity index (χ1) is 12.2. The Kier molecular flexibility index (Phi) is 5.12. The number of carbonyl (C=O) groups is 1. The first kappa shape index (κ1) is 17.1. The van der Waals surface area contributed by atoms with Gasteiger partial charge in [0.25, 0.3) is 0 Å². The SMILES string of the molecule is CCC(=O)N1CCOc2c(cc(-c3ccccc3OC)cc2OC)C1. The van der Waals surface area contributed by atoms with Gasteiger partial charge in [-0.25, -0.2) is 0 Å². The Morgan fingerprint density at radius 1 is 1.16 bits per heavy atom. The summed E-state index contributed by atoms with van der Waals surface area (Å²) in [5.74, 6) is 2.30. The van der Waals surface area contributed by atoms with Gasteiger partial charge in [0.05, 0.1) is 20.8 Å². The van der Waals surface area contributed by atoms with Gasteiger partial charge >= 0.3 is 0 Å². The molecule has 1 heterocycles. The van der Waals surface area contributed by atoms with Crippen LogP contribution in [0.5, 0.6) is 17.2 Å². The van der Waals surface area contributed by atoms with Crippen molar-refractivity contribution in [2.24, 2.45) is 0 Å². The van der Waals surface area contributed by atoms with Gasteiger partial charge in [-0.1, -0.05) is 25.1 Å². The van der Waals surface area contributed by atoms with Crippen molar-refractivity contribution in [3.05, 3.63) is 42.0 Å². The minimum Gasteiger partial charge on any atom is -0.496 e. The molecule has 1 aliphatic heterocycles.